The molecule has 1 aromatic heterocycles. The molecule has 1 aromatic carbocycles. The zero-order valence-corrected chi connectivity index (χ0v) is 16.6. The number of anilines is 1. The van der Waals surface area contributed by atoms with Crippen LogP contribution in [-0.2, 0) is 7.05 Å². The monoisotopic (exact) mass is 385 g/mol. The summed E-state index contributed by atoms with van der Waals surface area (Å²) in [6.45, 7) is 7.17. The fourth-order valence-electron chi connectivity index (χ4n) is 3.67. The normalized spacial score (nSPS) is 17.6. The number of hydrogen-bond donors (Lipinski definition) is 1. The van der Waals surface area contributed by atoms with Gasteiger partial charge in [0, 0.05) is 50.2 Å². The number of nitrogens with one attached hydrogen (secondary N) is 1. The molecule has 2 heterocycles. The molecule has 0 bridgehead atoms. The minimum absolute atomic E-state index is 0.0865. The van der Waals surface area contributed by atoms with Gasteiger partial charge in [0.1, 0.15) is 5.69 Å². The van der Waals surface area contributed by atoms with Crippen molar-refractivity contribution in [3.63, 3.8) is 0 Å². The van der Waals surface area contributed by atoms with Gasteiger partial charge in [-0.25, -0.2) is 4.98 Å². The van der Waals surface area contributed by atoms with Crippen LogP contribution in [0.5, 0.6) is 0 Å². The number of piperidine rings is 1. The second kappa shape index (κ2) is 8.52. The topological polar surface area (TPSA) is 93.3 Å². The van der Waals surface area contributed by atoms with Crippen molar-refractivity contribution in [3.05, 3.63) is 52.1 Å². The number of nitro groups is 1. The van der Waals surface area contributed by atoms with E-state index in [9.17, 15) is 14.9 Å². The Morgan fingerprint density at radius 3 is 2.86 bits per heavy atom. The second-order valence-corrected chi connectivity index (χ2v) is 7.66. The Morgan fingerprint density at radius 1 is 1.43 bits per heavy atom. The molecule has 150 valence electrons. The van der Waals surface area contributed by atoms with Gasteiger partial charge < -0.3 is 14.8 Å². The quantitative estimate of drug-likeness (QED) is 0.447. The van der Waals surface area contributed by atoms with E-state index in [1.54, 1.807) is 29.9 Å². The molecule has 0 radical (unpaired) electrons. The number of imidazole rings is 1. The predicted molar refractivity (Wildman–Crippen MR) is 108 cm³/mol. The van der Waals surface area contributed by atoms with Gasteiger partial charge in [-0.2, -0.15) is 0 Å². The maximum absolute atomic E-state index is 12.6. The molecule has 28 heavy (non-hydrogen) atoms. The Bertz CT molecular complexity index is 861. The average molecular weight is 385 g/mol. The summed E-state index contributed by atoms with van der Waals surface area (Å²) >= 11 is 0. The fourth-order valence-corrected chi connectivity index (χ4v) is 3.67. The number of benzene rings is 1. The molecule has 0 saturated carbocycles. The maximum Gasteiger partial charge on any atom is 0.293 e. The highest BCUT2D eigenvalue weighted by Crippen LogP contribution is 2.28. The van der Waals surface area contributed by atoms with Crippen molar-refractivity contribution >= 4 is 17.2 Å². The van der Waals surface area contributed by atoms with Crippen molar-refractivity contribution < 1.29 is 9.72 Å². The van der Waals surface area contributed by atoms with E-state index in [1.165, 1.54) is 12.3 Å². The first-order chi connectivity index (χ1) is 13.4. The number of hydrogen-bond acceptors (Lipinski definition) is 6. The summed E-state index contributed by atoms with van der Waals surface area (Å²) < 4.78 is 1.60. The lowest BCUT2D eigenvalue weighted by molar-refractivity contribution is -0.384. The maximum atomic E-state index is 12.6. The first-order valence-electron chi connectivity index (χ1n) is 9.65. The standard InChI is InChI=1S/C20H27N5O3/c1-14(2)24-9-4-5-15(13-24)12-22-17-7-6-16(11-18(17)25(27)28)19(26)20-21-8-10-23(20)3/h6-8,10-11,14-15,22H,4-5,9,12-13H2,1-3H3. The van der Waals surface area contributed by atoms with Crippen LogP contribution < -0.4 is 5.32 Å². The molecule has 3 rings (SSSR count). The third-order valence-corrected chi connectivity index (χ3v) is 5.34. The van der Waals surface area contributed by atoms with Gasteiger partial charge in [0.15, 0.2) is 5.82 Å². The molecule has 1 saturated heterocycles. The highest BCUT2D eigenvalue weighted by Gasteiger charge is 2.24. The summed E-state index contributed by atoms with van der Waals surface area (Å²) in [4.78, 5) is 30.2. The highest BCUT2D eigenvalue weighted by molar-refractivity contribution is 6.07. The molecular formula is C20H27N5O3. The first-order valence-corrected chi connectivity index (χ1v) is 9.65. The summed E-state index contributed by atoms with van der Waals surface area (Å²) in [5, 5.41) is 14.8. The smallest absolute Gasteiger partial charge is 0.293 e. The molecule has 2 aromatic rings. The molecule has 1 aliphatic heterocycles. The van der Waals surface area contributed by atoms with Gasteiger partial charge in [-0.05, 0) is 51.3 Å². The summed E-state index contributed by atoms with van der Waals surface area (Å²) in [7, 11) is 1.72. The molecule has 1 unspecified atom stereocenters. The van der Waals surface area contributed by atoms with E-state index < -0.39 is 4.92 Å². The Kier molecular flexibility index (Phi) is 6.08. The lowest BCUT2D eigenvalue weighted by Crippen LogP contribution is -2.41. The highest BCUT2D eigenvalue weighted by atomic mass is 16.6. The molecule has 8 heteroatoms. The van der Waals surface area contributed by atoms with Crippen molar-refractivity contribution in [1.82, 2.24) is 14.5 Å². The van der Waals surface area contributed by atoms with Gasteiger partial charge in [0.05, 0.1) is 4.92 Å². The summed E-state index contributed by atoms with van der Waals surface area (Å²) in [5.41, 5.74) is 0.620. The zero-order valence-electron chi connectivity index (χ0n) is 16.6. The lowest BCUT2D eigenvalue weighted by atomic mass is 9.96. The Hall–Kier alpha value is -2.74. The van der Waals surface area contributed by atoms with Crippen LogP contribution in [0.4, 0.5) is 11.4 Å². The van der Waals surface area contributed by atoms with E-state index in [0.717, 1.165) is 25.9 Å². The van der Waals surface area contributed by atoms with E-state index in [0.29, 0.717) is 24.2 Å². The number of nitro benzene ring substituents is 1. The van der Waals surface area contributed by atoms with Gasteiger partial charge in [-0.3, -0.25) is 14.9 Å². The summed E-state index contributed by atoms with van der Waals surface area (Å²) in [5.74, 6) is 0.373. The number of carbonyl (C=O) groups excluding carboxylic acids is 1. The number of rotatable bonds is 7. The molecule has 1 fully saturated rings. The second-order valence-electron chi connectivity index (χ2n) is 7.66. The van der Waals surface area contributed by atoms with Crippen LogP contribution >= 0.6 is 0 Å². The number of nitrogens with zero attached hydrogens (tertiary/aromatic N) is 4. The number of aryl methyl sites for hydroxylation is 1. The van der Waals surface area contributed by atoms with Crippen molar-refractivity contribution in [2.24, 2.45) is 13.0 Å². The number of aromatic nitrogens is 2. The van der Waals surface area contributed by atoms with Gasteiger partial charge >= 0.3 is 0 Å². The predicted octanol–water partition coefficient (Wildman–Crippen LogP) is 3.09. The molecule has 1 atom stereocenters. The minimum atomic E-state index is -0.446. The summed E-state index contributed by atoms with van der Waals surface area (Å²) in [6.07, 6.45) is 5.45. The van der Waals surface area contributed by atoms with Crippen molar-refractivity contribution in [2.75, 3.05) is 25.0 Å². The average Bonchev–Trinajstić information content (AvgIpc) is 3.11. The van der Waals surface area contributed by atoms with Crippen molar-refractivity contribution in [2.45, 2.75) is 32.7 Å². The molecule has 0 aliphatic carbocycles. The van der Waals surface area contributed by atoms with E-state index in [1.807, 2.05) is 0 Å². The third-order valence-electron chi connectivity index (χ3n) is 5.34. The largest absolute Gasteiger partial charge is 0.379 e. The minimum Gasteiger partial charge on any atom is -0.379 e. The number of likely N-dealkylation sites (tertiary alicyclic amines) is 1. The van der Waals surface area contributed by atoms with Gasteiger partial charge in [-0.15, -0.1) is 0 Å². The van der Waals surface area contributed by atoms with E-state index in [4.69, 9.17) is 0 Å². The molecule has 0 spiro atoms. The van der Waals surface area contributed by atoms with Crippen molar-refractivity contribution in [1.29, 1.82) is 0 Å². The van der Waals surface area contributed by atoms with Crippen LogP contribution in [0.1, 0.15) is 42.9 Å². The van der Waals surface area contributed by atoms with Gasteiger partial charge in [0.25, 0.3) is 5.69 Å². The third kappa shape index (κ3) is 4.39. The molecule has 1 N–H and O–H groups in total. The Morgan fingerprint density at radius 2 is 2.21 bits per heavy atom. The van der Waals surface area contributed by atoms with Crippen LogP contribution in [-0.4, -0.2) is 50.8 Å². The fraction of sp³-hybridized carbons (Fsp3) is 0.500. The molecular weight excluding hydrogens is 358 g/mol. The van der Waals surface area contributed by atoms with Crippen molar-refractivity contribution in [3.8, 4) is 0 Å². The van der Waals surface area contributed by atoms with Crippen LogP contribution in [0.15, 0.2) is 30.6 Å². The number of ketones is 1. The Balaban J connectivity index is 1.74. The molecule has 1 aliphatic rings. The van der Waals surface area contributed by atoms with Crippen LogP contribution in [0.25, 0.3) is 0 Å². The van der Waals surface area contributed by atoms with Gasteiger partial charge in [0.2, 0.25) is 5.78 Å². The van der Waals surface area contributed by atoms with Crippen LogP contribution in [0.3, 0.4) is 0 Å². The van der Waals surface area contributed by atoms with Crippen LogP contribution in [0, 0.1) is 16.0 Å². The van der Waals surface area contributed by atoms with E-state index in [-0.39, 0.29) is 22.9 Å². The molecule has 8 nitrogen and oxygen atoms in total. The zero-order chi connectivity index (χ0) is 20.3. The lowest BCUT2D eigenvalue weighted by Gasteiger charge is -2.35. The van der Waals surface area contributed by atoms with E-state index in [2.05, 4.69) is 29.0 Å². The first kappa shape index (κ1) is 20.0. The van der Waals surface area contributed by atoms with Crippen LogP contribution in [0.2, 0.25) is 0 Å². The van der Waals surface area contributed by atoms with Gasteiger partial charge in [-0.1, -0.05) is 0 Å². The SMILES string of the molecule is CC(C)N1CCCC(CNc2ccc(C(=O)c3nccn3C)cc2[N+](=O)[O-])C1. The molecule has 0 amide bonds. The summed E-state index contributed by atoms with van der Waals surface area (Å²) in [6, 6.07) is 5.08. The Labute approximate surface area is 164 Å². The van der Waals surface area contributed by atoms with E-state index >= 15 is 0 Å². The number of carbonyl (C=O) groups is 1.